The highest BCUT2D eigenvalue weighted by Crippen LogP contribution is 2.18. The first-order chi connectivity index (χ1) is 14.1. The Bertz CT molecular complexity index is 635. The third kappa shape index (κ3) is 13.4. The molecule has 0 bridgehead atoms. The number of allylic oxidation sites excluding steroid dienone is 4. The molecule has 160 valence electrons. The number of nitro groups is 1. The van der Waals surface area contributed by atoms with E-state index in [9.17, 15) is 14.9 Å². The lowest BCUT2D eigenvalue weighted by molar-refractivity contribution is -0.384. The van der Waals surface area contributed by atoms with Crippen molar-refractivity contribution < 1.29 is 14.5 Å². The van der Waals surface area contributed by atoms with E-state index in [0.29, 0.717) is 12.2 Å². The minimum Gasteiger partial charge on any atom is -0.427 e. The topological polar surface area (TPSA) is 69.4 Å². The van der Waals surface area contributed by atoms with E-state index >= 15 is 0 Å². The van der Waals surface area contributed by atoms with E-state index in [1.807, 2.05) is 0 Å². The molecule has 0 aliphatic heterocycles. The first kappa shape index (κ1) is 24.6. The summed E-state index contributed by atoms with van der Waals surface area (Å²) in [5.74, 6) is 0.0627. The van der Waals surface area contributed by atoms with Gasteiger partial charge in [-0.3, -0.25) is 14.9 Å². The van der Waals surface area contributed by atoms with Gasteiger partial charge in [-0.05, 0) is 50.7 Å². The average molecular weight is 402 g/mol. The van der Waals surface area contributed by atoms with Crippen LogP contribution < -0.4 is 4.74 Å². The molecule has 0 amide bonds. The molecule has 5 heteroatoms. The van der Waals surface area contributed by atoms with Gasteiger partial charge in [0.15, 0.2) is 0 Å². The van der Waals surface area contributed by atoms with Crippen LogP contribution in [0, 0.1) is 10.1 Å². The van der Waals surface area contributed by atoms with Gasteiger partial charge in [-0.1, -0.05) is 63.3 Å². The van der Waals surface area contributed by atoms with Gasteiger partial charge in [0.05, 0.1) is 4.92 Å². The lowest BCUT2D eigenvalue weighted by Crippen LogP contribution is -2.07. The van der Waals surface area contributed by atoms with Gasteiger partial charge in [0, 0.05) is 18.6 Å². The van der Waals surface area contributed by atoms with Crippen LogP contribution in [0.4, 0.5) is 5.69 Å². The van der Waals surface area contributed by atoms with Gasteiger partial charge >= 0.3 is 5.97 Å². The predicted octanol–water partition coefficient (Wildman–Crippen LogP) is 7.31. The molecule has 1 aromatic carbocycles. The number of benzene rings is 1. The second-order valence-electron chi connectivity index (χ2n) is 7.21. The fraction of sp³-hybridized carbons (Fsp3) is 0.542. The Morgan fingerprint density at radius 1 is 0.897 bits per heavy atom. The third-order valence-electron chi connectivity index (χ3n) is 4.61. The lowest BCUT2D eigenvalue weighted by atomic mass is 10.1. The molecule has 1 aromatic rings. The number of carbonyl (C=O) groups excluding carboxylic acids is 1. The Morgan fingerprint density at radius 2 is 1.48 bits per heavy atom. The van der Waals surface area contributed by atoms with Crippen LogP contribution in [0.5, 0.6) is 5.75 Å². The predicted molar refractivity (Wildman–Crippen MR) is 118 cm³/mol. The smallest absolute Gasteiger partial charge is 0.311 e. The Balaban J connectivity index is 1.96. The number of hydrogen-bond donors (Lipinski definition) is 0. The maximum atomic E-state index is 11.8. The van der Waals surface area contributed by atoms with Crippen molar-refractivity contribution >= 4 is 11.7 Å². The molecule has 0 aromatic heterocycles. The lowest BCUT2D eigenvalue weighted by Gasteiger charge is -2.04. The number of hydrogen-bond acceptors (Lipinski definition) is 4. The second-order valence-corrected chi connectivity index (χ2v) is 7.21. The summed E-state index contributed by atoms with van der Waals surface area (Å²) in [4.78, 5) is 21.9. The van der Waals surface area contributed by atoms with Gasteiger partial charge in [-0.15, -0.1) is 0 Å². The molecule has 1 rings (SSSR count). The molecule has 29 heavy (non-hydrogen) atoms. The van der Waals surface area contributed by atoms with E-state index in [0.717, 1.165) is 32.1 Å². The van der Waals surface area contributed by atoms with Crippen LogP contribution in [-0.2, 0) is 4.79 Å². The Kier molecular flexibility index (Phi) is 14.0. The summed E-state index contributed by atoms with van der Waals surface area (Å²) < 4.78 is 5.19. The molecule has 0 saturated carbocycles. The molecule has 0 saturated heterocycles. The first-order valence-electron chi connectivity index (χ1n) is 10.9. The fourth-order valence-electron chi connectivity index (χ4n) is 2.90. The standard InChI is InChI=1S/C24H35NO4/c1-2-3-4-5-6-7-8-9-10-11-12-13-14-15-16-17-24(26)29-23-20-18-22(19-21-23)25(27)28/h6-7,9-10,18-21H,2-5,8,11-17H2,1H3. The third-order valence-corrected chi connectivity index (χ3v) is 4.61. The van der Waals surface area contributed by atoms with E-state index < -0.39 is 4.92 Å². The Labute approximate surface area is 175 Å². The van der Waals surface area contributed by atoms with Crippen molar-refractivity contribution in [2.75, 3.05) is 0 Å². The van der Waals surface area contributed by atoms with Crippen LogP contribution >= 0.6 is 0 Å². The summed E-state index contributed by atoms with van der Waals surface area (Å²) >= 11 is 0. The molecular formula is C24H35NO4. The Morgan fingerprint density at radius 3 is 2.10 bits per heavy atom. The molecule has 0 aliphatic rings. The van der Waals surface area contributed by atoms with Crippen molar-refractivity contribution in [3.05, 3.63) is 58.7 Å². The zero-order chi connectivity index (χ0) is 21.2. The van der Waals surface area contributed by atoms with Crippen LogP contribution in [0.1, 0.15) is 84.0 Å². The van der Waals surface area contributed by atoms with E-state index in [1.54, 1.807) is 0 Å². The number of esters is 1. The SMILES string of the molecule is CCCCCC=CCC=CCCCCCCCC(=O)Oc1ccc([N+](=O)[O-])cc1. The molecular weight excluding hydrogens is 366 g/mol. The second kappa shape index (κ2) is 16.5. The molecule has 0 heterocycles. The van der Waals surface area contributed by atoms with Crippen molar-refractivity contribution in [2.45, 2.75) is 84.0 Å². The zero-order valence-electron chi connectivity index (χ0n) is 17.7. The summed E-state index contributed by atoms with van der Waals surface area (Å²) in [5.41, 5.74) is -0.0153. The molecule has 0 unspecified atom stereocenters. The van der Waals surface area contributed by atoms with Gasteiger partial charge < -0.3 is 4.74 Å². The van der Waals surface area contributed by atoms with Crippen molar-refractivity contribution in [3.8, 4) is 5.75 Å². The molecule has 5 nitrogen and oxygen atoms in total. The van der Waals surface area contributed by atoms with Crippen molar-refractivity contribution in [2.24, 2.45) is 0 Å². The molecule has 0 N–H and O–H groups in total. The monoisotopic (exact) mass is 401 g/mol. The number of unbranched alkanes of at least 4 members (excludes halogenated alkanes) is 8. The highest BCUT2D eigenvalue weighted by Gasteiger charge is 2.08. The van der Waals surface area contributed by atoms with Crippen molar-refractivity contribution in [1.29, 1.82) is 0 Å². The largest absolute Gasteiger partial charge is 0.427 e. The summed E-state index contributed by atoms with van der Waals surface area (Å²) in [7, 11) is 0. The molecule has 0 aliphatic carbocycles. The fourth-order valence-corrected chi connectivity index (χ4v) is 2.90. The van der Waals surface area contributed by atoms with Crippen LogP contribution in [0.25, 0.3) is 0 Å². The van der Waals surface area contributed by atoms with Crippen molar-refractivity contribution in [1.82, 2.24) is 0 Å². The average Bonchev–Trinajstić information content (AvgIpc) is 2.71. The molecule has 0 fully saturated rings. The van der Waals surface area contributed by atoms with Gasteiger partial charge in [-0.25, -0.2) is 0 Å². The first-order valence-corrected chi connectivity index (χ1v) is 10.9. The summed E-state index contributed by atoms with van der Waals surface area (Å²) in [6, 6.07) is 5.57. The minimum atomic E-state index is -0.478. The minimum absolute atomic E-state index is 0.0153. The van der Waals surface area contributed by atoms with Gasteiger partial charge in [0.2, 0.25) is 0 Å². The van der Waals surface area contributed by atoms with Crippen LogP contribution in [0.3, 0.4) is 0 Å². The van der Waals surface area contributed by atoms with Crippen LogP contribution in [-0.4, -0.2) is 10.9 Å². The quantitative estimate of drug-likeness (QED) is 0.0727. The highest BCUT2D eigenvalue weighted by atomic mass is 16.6. The molecule has 0 atom stereocenters. The Hall–Kier alpha value is -2.43. The number of nitro benzene ring substituents is 1. The number of ether oxygens (including phenoxy) is 1. The van der Waals surface area contributed by atoms with Gasteiger partial charge in [-0.2, -0.15) is 0 Å². The van der Waals surface area contributed by atoms with Gasteiger partial charge in [0.1, 0.15) is 5.75 Å². The normalized spacial score (nSPS) is 11.3. The molecule has 0 radical (unpaired) electrons. The van der Waals surface area contributed by atoms with E-state index in [-0.39, 0.29) is 11.7 Å². The summed E-state index contributed by atoms with van der Waals surface area (Å²) in [5, 5.41) is 10.6. The molecule has 0 spiro atoms. The van der Waals surface area contributed by atoms with Crippen LogP contribution in [0.15, 0.2) is 48.6 Å². The maximum absolute atomic E-state index is 11.8. The van der Waals surface area contributed by atoms with Gasteiger partial charge in [0.25, 0.3) is 5.69 Å². The van der Waals surface area contributed by atoms with E-state index in [2.05, 4.69) is 31.2 Å². The van der Waals surface area contributed by atoms with E-state index in [1.165, 1.54) is 62.8 Å². The summed E-state index contributed by atoms with van der Waals surface area (Å²) in [6.07, 6.45) is 22.0. The number of rotatable bonds is 16. The number of nitrogens with zero attached hydrogens (tertiary/aromatic N) is 1. The maximum Gasteiger partial charge on any atom is 0.311 e. The highest BCUT2D eigenvalue weighted by molar-refractivity contribution is 5.72. The number of carbonyl (C=O) groups is 1. The van der Waals surface area contributed by atoms with Crippen LogP contribution in [0.2, 0.25) is 0 Å². The van der Waals surface area contributed by atoms with E-state index in [4.69, 9.17) is 4.74 Å². The zero-order valence-corrected chi connectivity index (χ0v) is 17.7. The summed E-state index contributed by atoms with van der Waals surface area (Å²) in [6.45, 7) is 2.23. The van der Waals surface area contributed by atoms with Crippen molar-refractivity contribution in [3.63, 3.8) is 0 Å². The number of non-ortho nitro benzene ring substituents is 1.